The van der Waals surface area contributed by atoms with Gasteiger partial charge in [0, 0.05) is 45.4 Å². The number of ether oxygens (including phenoxy) is 2. The third-order valence-corrected chi connectivity index (χ3v) is 4.54. The van der Waals surface area contributed by atoms with Crippen molar-refractivity contribution in [3.8, 4) is 0 Å². The molecule has 2 heterocycles. The molecule has 2 aliphatic heterocycles. The van der Waals surface area contributed by atoms with Crippen molar-refractivity contribution in [1.82, 2.24) is 9.80 Å². The van der Waals surface area contributed by atoms with E-state index in [1.165, 1.54) is 11.1 Å². The molecule has 2 atom stereocenters. The van der Waals surface area contributed by atoms with Crippen LogP contribution in [0.3, 0.4) is 0 Å². The minimum Gasteiger partial charge on any atom is -0.383 e. The molecule has 2 bridgehead atoms. The highest BCUT2D eigenvalue weighted by Gasteiger charge is 2.37. The van der Waals surface area contributed by atoms with Gasteiger partial charge in [0.2, 0.25) is 0 Å². The van der Waals surface area contributed by atoms with Gasteiger partial charge < -0.3 is 9.47 Å². The second-order valence-corrected chi connectivity index (χ2v) is 6.26. The van der Waals surface area contributed by atoms with E-state index in [-0.39, 0.29) is 0 Å². The third kappa shape index (κ3) is 3.64. The molecule has 0 amide bonds. The number of methoxy groups -OCH3 is 1. The molecule has 2 unspecified atom stereocenters. The first kappa shape index (κ1) is 15.0. The van der Waals surface area contributed by atoms with Crippen LogP contribution >= 0.6 is 0 Å². The maximum absolute atomic E-state index is 5.76. The fourth-order valence-corrected chi connectivity index (χ4v) is 3.58. The summed E-state index contributed by atoms with van der Waals surface area (Å²) in [4.78, 5) is 5.16. The Bertz CT molecular complexity index is 452. The number of hydrogen-bond donors (Lipinski definition) is 0. The van der Waals surface area contributed by atoms with E-state index in [4.69, 9.17) is 9.47 Å². The van der Waals surface area contributed by atoms with Gasteiger partial charge in [0.25, 0.3) is 0 Å². The minimum absolute atomic E-state index is 0.512. The Hall–Kier alpha value is -0.940. The first-order chi connectivity index (χ1) is 10.3. The van der Waals surface area contributed by atoms with E-state index in [0.29, 0.717) is 12.1 Å². The molecule has 0 saturated carbocycles. The maximum atomic E-state index is 5.76. The molecule has 21 heavy (non-hydrogen) atoms. The number of morpholine rings is 1. The molecular formula is C17H26N2O2. The Morgan fingerprint density at radius 1 is 1.24 bits per heavy atom. The molecule has 1 aromatic rings. The van der Waals surface area contributed by atoms with E-state index >= 15 is 0 Å². The van der Waals surface area contributed by atoms with Gasteiger partial charge in [-0.05, 0) is 12.5 Å². The summed E-state index contributed by atoms with van der Waals surface area (Å²) in [5.41, 5.74) is 2.76. The Kier molecular flexibility index (Phi) is 4.91. The zero-order valence-corrected chi connectivity index (χ0v) is 13.1. The molecule has 0 aliphatic carbocycles. The van der Waals surface area contributed by atoms with Crippen LogP contribution in [0.1, 0.15) is 11.1 Å². The standard InChI is InChI=1S/C17H26N2O2/c1-14-4-3-5-15(8-14)9-18-10-16-12-21-13-17(11-18)19(16)6-7-20-2/h3-5,8,16-17H,6-7,9-13H2,1-2H3. The maximum Gasteiger partial charge on any atom is 0.0635 e. The molecule has 0 N–H and O–H groups in total. The summed E-state index contributed by atoms with van der Waals surface area (Å²) in [7, 11) is 1.78. The van der Waals surface area contributed by atoms with E-state index in [1.807, 2.05) is 0 Å². The normalized spacial score (nSPS) is 27.0. The Balaban J connectivity index is 1.63. The molecule has 0 spiro atoms. The fraction of sp³-hybridized carbons (Fsp3) is 0.647. The monoisotopic (exact) mass is 290 g/mol. The topological polar surface area (TPSA) is 24.9 Å². The predicted octanol–water partition coefficient (Wildman–Crippen LogP) is 1.53. The highest BCUT2D eigenvalue weighted by molar-refractivity contribution is 5.22. The molecule has 1 aromatic carbocycles. The Morgan fingerprint density at radius 2 is 2.00 bits per heavy atom. The van der Waals surface area contributed by atoms with Crippen LogP contribution in [0.4, 0.5) is 0 Å². The van der Waals surface area contributed by atoms with Crippen molar-refractivity contribution in [3.63, 3.8) is 0 Å². The van der Waals surface area contributed by atoms with Crippen LogP contribution in [0.2, 0.25) is 0 Å². The predicted molar refractivity (Wildman–Crippen MR) is 83.4 cm³/mol. The number of rotatable bonds is 5. The molecule has 2 saturated heterocycles. The Labute approximate surface area is 127 Å². The third-order valence-electron chi connectivity index (χ3n) is 4.54. The minimum atomic E-state index is 0.512. The van der Waals surface area contributed by atoms with Crippen LogP contribution < -0.4 is 0 Å². The van der Waals surface area contributed by atoms with Gasteiger partial charge in [0.05, 0.1) is 19.8 Å². The smallest absolute Gasteiger partial charge is 0.0635 e. The summed E-state index contributed by atoms with van der Waals surface area (Å²) >= 11 is 0. The van der Waals surface area contributed by atoms with Crippen LogP contribution in [0.25, 0.3) is 0 Å². The summed E-state index contributed by atoms with van der Waals surface area (Å²) in [6, 6.07) is 9.87. The largest absolute Gasteiger partial charge is 0.383 e. The Morgan fingerprint density at radius 3 is 2.67 bits per heavy atom. The van der Waals surface area contributed by atoms with Gasteiger partial charge in [-0.3, -0.25) is 9.80 Å². The molecule has 116 valence electrons. The van der Waals surface area contributed by atoms with Crippen molar-refractivity contribution in [1.29, 1.82) is 0 Å². The van der Waals surface area contributed by atoms with Gasteiger partial charge in [-0.2, -0.15) is 0 Å². The number of nitrogens with zero attached hydrogens (tertiary/aromatic N) is 2. The number of aryl methyl sites for hydroxylation is 1. The molecule has 2 fully saturated rings. The average Bonchev–Trinajstić information content (AvgIpc) is 2.45. The van der Waals surface area contributed by atoms with E-state index in [1.54, 1.807) is 7.11 Å². The molecule has 0 aromatic heterocycles. The first-order valence-electron chi connectivity index (χ1n) is 7.86. The second kappa shape index (κ2) is 6.88. The van der Waals surface area contributed by atoms with Gasteiger partial charge in [-0.1, -0.05) is 29.8 Å². The lowest BCUT2D eigenvalue weighted by Crippen LogP contribution is -2.64. The van der Waals surface area contributed by atoms with E-state index in [0.717, 1.165) is 46.0 Å². The summed E-state index contributed by atoms with van der Waals surface area (Å²) in [6.07, 6.45) is 0. The number of fused-ring (bicyclic) bond motifs is 2. The fourth-order valence-electron chi connectivity index (χ4n) is 3.58. The summed E-state index contributed by atoms with van der Waals surface area (Å²) < 4.78 is 11.0. The van der Waals surface area contributed by atoms with E-state index in [2.05, 4.69) is 41.0 Å². The van der Waals surface area contributed by atoms with Crippen molar-refractivity contribution >= 4 is 0 Å². The first-order valence-corrected chi connectivity index (χ1v) is 7.86. The quantitative estimate of drug-likeness (QED) is 0.821. The van der Waals surface area contributed by atoms with Crippen molar-refractivity contribution in [2.75, 3.05) is 46.6 Å². The zero-order chi connectivity index (χ0) is 14.7. The van der Waals surface area contributed by atoms with Crippen molar-refractivity contribution in [2.45, 2.75) is 25.6 Å². The van der Waals surface area contributed by atoms with Crippen LogP contribution in [0.5, 0.6) is 0 Å². The number of hydrogen-bond acceptors (Lipinski definition) is 4. The van der Waals surface area contributed by atoms with Gasteiger partial charge in [0.15, 0.2) is 0 Å². The molecule has 0 radical (unpaired) electrons. The van der Waals surface area contributed by atoms with Crippen molar-refractivity contribution in [2.24, 2.45) is 0 Å². The van der Waals surface area contributed by atoms with Crippen LogP contribution in [-0.4, -0.2) is 68.4 Å². The molecule has 4 heteroatoms. The highest BCUT2D eigenvalue weighted by atomic mass is 16.5. The lowest BCUT2D eigenvalue weighted by Gasteiger charge is -2.49. The van der Waals surface area contributed by atoms with Gasteiger partial charge >= 0.3 is 0 Å². The molecular weight excluding hydrogens is 264 g/mol. The lowest BCUT2D eigenvalue weighted by molar-refractivity contribution is -0.104. The van der Waals surface area contributed by atoms with E-state index in [9.17, 15) is 0 Å². The SMILES string of the molecule is COCCN1C2COCC1CN(Cc1cccc(C)c1)C2. The average molecular weight is 290 g/mol. The highest BCUT2D eigenvalue weighted by Crippen LogP contribution is 2.22. The van der Waals surface area contributed by atoms with Gasteiger partial charge in [-0.25, -0.2) is 0 Å². The van der Waals surface area contributed by atoms with Crippen LogP contribution in [-0.2, 0) is 16.0 Å². The summed E-state index contributed by atoms with van der Waals surface area (Å²) in [5, 5.41) is 0. The molecule has 3 rings (SSSR count). The van der Waals surface area contributed by atoms with Gasteiger partial charge in [0.1, 0.15) is 0 Å². The van der Waals surface area contributed by atoms with Crippen molar-refractivity contribution < 1.29 is 9.47 Å². The van der Waals surface area contributed by atoms with E-state index < -0.39 is 0 Å². The van der Waals surface area contributed by atoms with Crippen LogP contribution in [0, 0.1) is 6.92 Å². The van der Waals surface area contributed by atoms with Gasteiger partial charge in [-0.15, -0.1) is 0 Å². The number of piperazine rings is 1. The number of benzene rings is 1. The lowest BCUT2D eigenvalue weighted by atomic mass is 10.0. The second-order valence-electron chi connectivity index (χ2n) is 6.26. The van der Waals surface area contributed by atoms with Crippen molar-refractivity contribution in [3.05, 3.63) is 35.4 Å². The molecule has 4 nitrogen and oxygen atoms in total. The van der Waals surface area contributed by atoms with Crippen LogP contribution in [0.15, 0.2) is 24.3 Å². The summed E-state index contributed by atoms with van der Waals surface area (Å²) in [5.74, 6) is 0. The molecule has 2 aliphatic rings. The summed E-state index contributed by atoms with van der Waals surface area (Å²) in [6.45, 7) is 8.93. The zero-order valence-electron chi connectivity index (χ0n) is 13.1.